The minimum Gasteiger partial charge on any atom is -0.380 e. The van der Waals surface area contributed by atoms with E-state index in [1.165, 1.54) is 4.31 Å². The first kappa shape index (κ1) is 22.3. The maximum atomic E-state index is 15.1. The smallest absolute Gasteiger partial charge is 0.211 e. The SMILES string of the molecule is C=CCOC1(c2cc(F)c(CN([C@@H](C)CC)S(C)(=O)=O)cc2F)CC2(COC2)C1. The van der Waals surface area contributed by atoms with Crippen molar-refractivity contribution >= 4 is 10.0 Å². The largest absolute Gasteiger partial charge is 0.380 e. The van der Waals surface area contributed by atoms with Crippen molar-refractivity contribution in [3.05, 3.63) is 47.5 Å². The van der Waals surface area contributed by atoms with Crippen molar-refractivity contribution in [3.63, 3.8) is 0 Å². The number of ether oxygens (including phenoxy) is 2. The molecule has 3 rings (SSSR count). The molecule has 1 spiro atoms. The molecule has 1 heterocycles. The van der Waals surface area contributed by atoms with Gasteiger partial charge in [0.05, 0.1) is 31.7 Å². The van der Waals surface area contributed by atoms with Crippen molar-refractivity contribution in [2.75, 3.05) is 26.1 Å². The summed E-state index contributed by atoms with van der Waals surface area (Å²) in [5.74, 6) is -1.22. The highest BCUT2D eigenvalue weighted by Crippen LogP contribution is 2.60. The Labute approximate surface area is 171 Å². The molecule has 0 bridgehead atoms. The fourth-order valence-electron chi connectivity index (χ4n) is 4.37. The molecule has 1 aromatic carbocycles. The lowest BCUT2D eigenvalue weighted by Crippen LogP contribution is -2.61. The molecule has 0 aromatic heterocycles. The minimum absolute atomic E-state index is 0.0110. The minimum atomic E-state index is -3.56. The van der Waals surface area contributed by atoms with Crippen molar-refractivity contribution in [3.8, 4) is 0 Å². The molecule has 0 N–H and O–H groups in total. The lowest BCUT2D eigenvalue weighted by atomic mass is 9.55. The van der Waals surface area contributed by atoms with Crippen LogP contribution in [0.5, 0.6) is 0 Å². The Kier molecular flexibility index (Phi) is 6.21. The number of nitrogens with zero attached hydrogens (tertiary/aromatic N) is 1. The molecule has 0 radical (unpaired) electrons. The maximum Gasteiger partial charge on any atom is 0.211 e. The predicted octanol–water partition coefficient (Wildman–Crippen LogP) is 3.73. The molecule has 0 unspecified atom stereocenters. The average Bonchev–Trinajstić information content (AvgIpc) is 2.58. The molecule has 0 amide bonds. The zero-order valence-electron chi connectivity index (χ0n) is 17.2. The first-order valence-electron chi connectivity index (χ1n) is 9.84. The monoisotopic (exact) mass is 429 g/mol. The van der Waals surface area contributed by atoms with Gasteiger partial charge in [0.2, 0.25) is 10.0 Å². The third kappa shape index (κ3) is 4.26. The van der Waals surface area contributed by atoms with Crippen molar-refractivity contribution in [2.45, 2.75) is 51.3 Å². The molecule has 1 aromatic rings. The Morgan fingerprint density at radius 3 is 2.45 bits per heavy atom. The quantitative estimate of drug-likeness (QED) is 0.562. The first-order valence-corrected chi connectivity index (χ1v) is 11.7. The molecule has 8 heteroatoms. The summed E-state index contributed by atoms with van der Waals surface area (Å²) < 4.78 is 66.7. The number of hydrogen-bond donors (Lipinski definition) is 0. The standard InChI is InChI=1S/C21H29F2NO4S/c1-5-7-28-21(11-20(12-21)13-27-14-20)17-9-18(22)16(8-19(17)23)10-24(15(3)6-2)29(4,25)26/h5,8-9,15H,1,6-7,10-14H2,2-4H3/t15-/m0/s1. The van der Waals surface area contributed by atoms with E-state index in [1.807, 2.05) is 6.92 Å². The van der Waals surface area contributed by atoms with Crippen LogP contribution in [-0.2, 0) is 31.6 Å². The molecule has 5 nitrogen and oxygen atoms in total. The molecular weight excluding hydrogens is 400 g/mol. The van der Waals surface area contributed by atoms with E-state index in [-0.39, 0.29) is 35.7 Å². The molecule has 1 saturated carbocycles. The van der Waals surface area contributed by atoms with E-state index in [0.717, 1.165) is 18.4 Å². The summed E-state index contributed by atoms with van der Waals surface area (Å²) in [4.78, 5) is 0. The highest BCUT2D eigenvalue weighted by Gasteiger charge is 2.60. The van der Waals surface area contributed by atoms with Gasteiger partial charge in [0.1, 0.15) is 11.6 Å². The Morgan fingerprint density at radius 1 is 1.31 bits per heavy atom. The summed E-state index contributed by atoms with van der Waals surface area (Å²) in [5.41, 5.74) is -0.745. The second-order valence-electron chi connectivity index (χ2n) is 8.43. The Balaban J connectivity index is 1.91. The van der Waals surface area contributed by atoms with Crippen LogP contribution in [0.2, 0.25) is 0 Å². The van der Waals surface area contributed by atoms with E-state index >= 15 is 4.39 Å². The average molecular weight is 430 g/mol. The van der Waals surface area contributed by atoms with Gasteiger partial charge in [0.25, 0.3) is 0 Å². The van der Waals surface area contributed by atoms with Gasteiger partial charge < -0.3 is 9.47 Å². The van der Waals surface area contributed by atoms with Crippen LogP contribution in [0.25, 0.3) is 0 Å². The zero-order chi connectivity index (χ0) is 21.4. The molecule has 1 saturated heterocycles. The summed E-state index contributed by atoms with van der Waals surface area (Å²) in [5, 5.41) is 0. The molecule has 162 valence electrons. The second kappa shape index (κ2) is 8.06. The molecule has 1 aliphatic heterocycles. The molecule has 2 aliphatic rings. The van der Waals surface area contributed by atoms with Crippen LogP contribution < -0.4 is 0 Å². The zero-order valence-corrected chi connectivity index (χ0v) is 18.0. The number of benzene rings is 1. The van der Waals surface area contributed by atoms with Crippen LogP contribution in [0.1, 0.15) is 44.2 Å². The van der Waals surface area contributed by atoms with Crippen LogP contribution in [0.4, 0.5) is 8.78 Å². The molecular formula is C21H29F2NO4S. The lowest BCUT2D eigenvalue weighted by Gasteiger charge is -2.59. The van der Waals surface area contributed by atoms with Crippen LogP contribution >= 0.6 is 0 Å². The van der Waals surface area contributed by atoms with Crippen LogP contribution in [-0.4, -0.2) is 44.8 Å². The number of hydrogen-bond acceptors (Lipinski definition) is 4. The van der Waals surface area contributed by atoms with E-state index in [4.69, 9.17) is 9.47 Å². The van der Waals surface area contributed by atoms with Gasteiger partial charge in [0, 0.05) is 29.1 Å². The molecule has 1 aliphatic carbocycles. The fraction of sp³-hybridized carbons (Fsp3) is 0.619. The molecule has 1 atom stereocenters. The third-order valence-corrected chi connectivity index (χ3v) is 7.42. The van der Waals surface area contributed by atoms with Crippen molar-refractivity contribution < 1.29 is 26.7 Å². The molecule has 29 heavy (non-hydrogen) atoms. The van der Waals surface area contributed by atoms with Gasteiger partial charge in [-0.2, -0.15) is 4.31 Å². The Bertz CT molecular complexity index is 875. The van der Waals surface area contributed by atoms with Crippen molar-refractivity contribution in [2.24, 2.45) is 5.41 Å². The van der Waals surface area contributed by atoms with Crippen molar-refractivity contribution in [1.29, 1.82) is 0 Å². The normalized spacial score (nSPS) is 20.9. The predicted molar refractivity (Wildman–Crippen MR) is 107 cm³/mol. The van der Waals surface area contributed by atoms with E-state index in [1.54, 1.807) is 13.0 Å². The second-order valence-corrected chi connectivity index (χ2v) is 10.4. The topological polar surface area (TPSA) is 55.8 Å². The Hall–Kier alpha value is -1.35. The highest BCUT2D eigenvalue weighted by atomic mass is 32.2. The van der Waals surface area contributed by atoms with Gasteiger partial charge >= 0.3 is 0 Å². The maximum absolute atomic E-state index is 15.1. The lowest BCUT2D eigenvalue weighted by molar-refractivity contribution is -0.259. The molecule has 2 fully saturated rings. The Morgan fingerprint density at radius 2 is 1.97 bits per heavy atom. The van der Waals surface area contributed by atoms with E-state index in [9.17, 15) is 12.8 Å². The van der Waals surface area contributed by atoms with Crippen LogP contribution in [0, 0.1) is 17.0 Å². The number of rotatable bonds is 9. The summed E-state index contributed by atoms with van der Waals surface area (Å²) >= 11 is 0. The van der Waals surface area contributed by atoms with Crippen LogP contribution in [0.15, 0.2) is 24.8 Å². The summed E-state index contributed by atoms with van der Waals surface area (Å²) in [6.07, 6.45) is 4.35. The third-order valence-electron chi connectivity index (χ3n) is 6.08. The summed E-state index contributed by atoms with van der Waals surface area (Å²) in [6, 6.07) is 1.95. The van der Waals surface area contributed by atoms with Gasteiger partial charge in [-0.1, -0.05) is 13.0 Å². The van der Waals surface area contributed by atoms with Gasteiger partial charge in [-0.05, 0) is 38.3 Å². The summed E-state index contributed by atoms with van der Waals surface area (Å²) in [6.45, 7) is 8.46. The van der Waals surface area contributed by atoms with Crippen LogP contribution in [0.3, 0.4) is 0 Å². The first-order chi connectivity index (χ1) is 13.6. The van der Waals surface area contributed by atoms with E-state index in [0.29, 0.717) is 32.5 Å². The number of halogens is 2. The van der Waals surface area contributed by atoms with Gasteiger partial charge in [-0.3, -0.25) is 0 Å². The van der Waals surface area contributed by atoms with E-state index < -0.39 is 27.3 Å². The number of sulfonamides is 1. The van der Waals surface area contributed by atoms with Gasteiger partial charge in [-0.25, -0.2) is 17.2 Å². The fourth-order valence-corrected chi connectivity index (χ4v) is 5.55. The van der Waals surface area contributed by atoms with Crippen molar-refractivity contribution in [1.82, 2.24) is 4.31 Å². The summed E-state index contributed by atoms with van der Waals surface area (Å²) in [7, 11) is -3.56. The van der Waals surface area contributed by atoms with Gasteiger partial charge in [-0.15, -0.1) is 6.58 Å². The highest BCUT2D eigenvalue weighted by molar-refractivity contribution is 7.88. The van der Waals surface area contributed by atoms with Gasteiger partial charge in [0.15, 0.2) is 0 Å². The van der Waals surface area contributed by atoms with E-state index in [2.05, 4.69) is 6.58 Å².